The van der Waals surface area contributed by atoms with Crippen LogP contribution in [0, 0.1) is 0 Å². The van der Waals surface area contributed by atoms with Crippen molar-refractivity contribution in [3.63, 3.8) is 0 Å². The maximum Gasteiger partial charge on any atom is 0.0640 e. The third-order valence-corrected chi connectivity index (χ3v) is 18.0. The van der Waals surface area contributed by atoms with E-state index in [2.05, 4.69) is 246 Å². The van der Waals surface area contributed by atoms with Crippen molar-refractivity contribution >= 4 is 87.2 Å². The van der Waals surface area contributed by atoms with E-state index < -0.39 is 0 Å². The summed E-state index contributed by atoms with van der Waals surface area (Å²) in [4.78, 5) is 5.00. The Morgan fingerprint density at radius 3 is 1.29 bits per heavy atom. The van der Waals surface area contributed by atoms with E-state index in [-0.39, 0.29) is 21.7 Å². The molecule has 0 aliphatic carbocycles. The number of nitrogens with zero attached hydrogens (tertiary/aromatic N) is 3. The molecule has 6 heterocycles. The van der Waals surface area contributed by atoms with Crippen LogP contribution in [-0.4, -0.2) is 4.57 Å². The Kier molecular flexibility index (Phi) is 7.82. The van der Waals surface area contributed by atoms with Gasteiger partial charge in [-0.25, -0.2) is 0 Å². The molecule has 4 aliphatic heterocycles. The van der Waals surface area contributed by atoms with Gasteiger partial charge in [-0.1, -0.05) is 171 Å². The van der Waals surface area contributed by atoms with E-state index in [1.807, 2.05) is 11.3 Å². The van der Waals surface area contributed by atoms with E-state index in [1.165, 1.54) is 126 Å². The van der Waals surface area contributed by atoms with Crippen molar-refractivity contribution in [2.24, 2.45) is 0 Å². The van der Waals surface area contributed by atoms with Gasteiger partial charge in [0.2, 0.25) is 0 Å². The van der Waals surface area contributed by atoms with Crippen LogP contribution < -0.4 is 9.80 Å². The Morgan fingerprint density at radius 1 is 0.353 bits per heavy atom. The molecule has 68 heavy (non-hydrogen) atoms. The number of benzene rings is 8. The molecule has 0 N–H and O–H groups in total. The Hall–Kier alpha value is -7.14. The van der Waals surface area contributed by atoms with Crippen molar-refractivity contribution in [1.29, 1.82) is 0 Å². The Morgan fingerprint density at radius 2 is 0.765 bits per heavy atom. The molecule has 330 valence electrons. The first-order valence-corrected chi connectivity index (χ1v) is 25.1. The first kappa shape index (κ1) is 40.0. The third kappa shape index (κ3) is 5.03. The SMILES string of the molecule is CC1(C)C(c2ccc3c(c2)c2cc(C4=CN5c6ccccc6C(C)(C)c6cccc(c65)C4(C)C)ccc2n3-c2cccc3c2sc2ccccc23)=CN2c3ccccc3C(C)(C)c3cccc1c32. The molecule has 3 nitrogen and oxygen atoms in total. The van der Waals surface area contributed by atoms with Crippen LogP contribution in [0.3, 0.4) is 0 Å². The minimum Gasteiger partial charge on any atom is -0.316 e. The van der Waals surface area contributed by atoms with Crippen LogP contribution >= 0.6 is 11.3 Å². The highest BCUT2D eigenvalue weighted by atomic mass is 32.1. The summed E-state index contributed by atoms with van der Waals surface area (Å²) in [7, 11) is 0. The lowest BCUT2D eigenvalue weighted by molar-refractivity contribution is 0.614. The highest BCUT2D eigenvalue weighted by molar-refractivity contribution is 7.26. The van der Waals surface area contributed by atoms with Crippen LogP contribution in [0.15, 0.2) is 176 Å². The van der Waals surface area contributed by atoms with E-state index in [9.17, 15) is 0 Å². The minimum absolute atomic E-state index is 0.115. The maximum absolute atomic E-state index is 2.55. The van der Waals surface area contributed by atoms with Crippen LogP contribution in [0.1, 0.15) is 99.9 Å². The summed E-state index contributed by atoms with van der Waals surface area (Å²) >= 11 is 1.90. The first-order valence-electron chi connectivity index (χ1n) is 24.3. The van der Waals surface area contributed by atoms with E-state index in [1.54, 1.807) is 0 Å². The van der Waals surface area contributed by atoms with Crippen molar-refractivity contribution in [2.75, 3.05) is 9.80 Å². The Labute approximate surface area is 402 Å². The zero-order chi connectivity index (χ0) is 46.2. The van der Waals surface area contributed by atoms with Gasteiger partial charge in [0.15, 0.2) is 0 Å². The average Bonchev–Trinajstić information content (AvgIpc) is 3.88. The molecule has 0 saturated carbocycles. The third-order valence-electron chi connectivity index (χ3n) is 16.8. The fourth-order valence-electron chi connectivity index (χ4n) is 13.1. The molecule has 0 unspecified atom stereocenters. The van der Waals surface area contributed by atoms with Crippen LogP contribution in [0.5, 0.6) is 0 Å². The normalized spacial score (nSPS) is 17.7. The van der Waals surface area contributed by atoms with E-state index in [0.29, 0.717) is 0 Å². The molecule has 4 heteroatoms. The summed E-state index contributed by atoms with van der Waals surface area (Å²) in [6, 6.07) is 62.3. The van der Waals surface area contributed by atoms with Gasteiger partial charge in [0.25, 0.3) is 0 Å². The summed E-state index contributed by atoms with van der Waals surface area (Å²) in [5.74, 6) is 0. The maximum atomic E-state index is 2.55. The summed E-state index contributed by atoms with van der Waals surface area (Å²) in [5.41, 5.74) is 21.5. The molecule has 8 aromatic carbocycles. The number of fused-ring (bicyclic) bond motifs is 10. The van der Waals surface area contributed by atoms with Crippen molar-refractivity contribution in [3.05, 3.63) is 221 Å². The zero-order valence-corrected chi connectivity index (χ0v) is 40.8. The second-order valence-corrected chi connectivity index (χ2v) is 22.9. The van der Waals surface area contributed by atoms with Crippen molar-refractivity contribution in [1.82, 2.24) is 4.57 Å². The second-order valence-electron chi connectivity index (χ2n) is 21.8. The van der Waals surface area contributed by atoms with Gasteiger partial charge < -0.3 is 14.4 Å². The topological polar surface area (TPSA) is 11.4 Å². The fourth-order valence-corrected chi connectivity index (χ4v) is 14.3. The summed E-state index contributed by atoms with van der Waals surface area (Å²) < 4.78 is 5.17. The molecule has 0 atom stereocenters. The summed E-state index contributed by atoms with van der Waals surface area (Å²) in [6.07, 6.45) is 4.92. The van der Waals surface area contributed by atoms with Gasteiger partial charge in [0.05, 0.1) is 32.8 Å². The molecule has 0 amide bonds. The summed E-state index contributed by atoms with van der Waals surface area (Å²) in [6.45, 7) is 19.2. The van der Waals surface area contributed by atoms with Gasteiger partial charge in [0, 0.05) is 71.7 Å². The molecule has 0 spiro atoms. The van der Waals surface area contributed by atoms with E-state index in [0.717, 1.165) is 0 Å². The highest BCUT2D eigenvalue weighted by Crippen LogP contribution is 2.59. The standard InChI is InChI=1S/C64H53N3S/c1-61(2)44-20-10-12-26-54(44)65-36-50(63(5,6)48-24-16-22-46(61)58(48)65)38-30-32-52-42(34-38)43-35-39(31-33-53(43)67(52)56-28-15-19-41-40-18-9-14-29-57(40)68-60(41)56)51-37-66-55-27-13-11-21-45(55)62(3,4)47-23-17-25-49(59(47)66)64(51,7)8/h9-37H,1-8H3. The van der Waals surface area contributed by atoms with E-state index >= 15 is 0 Å². The van der Waals surface area contributed by atoms with Crippen molar-refractivity contribution in [2.45, 2.75) is 77.0 Å². The zero-order valence-electron chi connectivity index (χ0n) is 40.0. The lowest BCUT2D eigenvalue weighted by Crippen LogP contribution is -2.37. The van der Waals surface area contributed by atoms with Crippen LogP contribution in [0.2, 0.25) is 0 Å². The average molecular weight is 896 g/mol. The van der Waals surface area contributed by atoms with Gasteiger partial charge in [-0.3, -0.25) is 0 Å². The van der Waals surface area contributed by atoms with Crippen LogP contribution in [-0.2, 0) is 21.7 Å². The molecule has 10 aromatic rings. The second kappa shape index (κ2) is 13.3. The molecule has 4 aliphatic rings. The van der Waals surface area contributed by atoms with Gasteiger partial charge in [-0.2, -0.15) is 0 Å². The lowest BCUT2D eigenvalue weighted by Gasteiger charge is -2.47. The smallest absolute Gasteiger partial charge is 0.0640 e. The van der Waals surface area contributed by atoms with Crippen molar-refractivity contribution in [3.8, 4) is 5.69 Å². The molecular formula is C64H53N3S. The monoisotopic (exact) mass is 895 g/mol. The summed E-state index contributed by atoms with van der Waals surface area (Å²) in [5, 5.41) is 5.14. The molecule has 0 saturated heterocycles. The number of thiophene rings is 1. The molecule has 0 bridgehead atoms. The lowest BCUT2D eigenvalue weighted by atomic mass is 9.66. The van der Waals surface area contributed by atoms with Crippen LogP contribution in [0.4, 0.5) is 22.7 Å². The molecular weight excluding hydrogens is 843 g/mol. The minimum atomic E-state index is -0.257. The van der Waals surface area contributed by atoms with Crippen LogP contribution in [0.25, 0.3) is 58.8 Å². The number of anilines is 4. The van der Waals surface area contributed by atoms with Gasteiger partial charge in [-0.05, 0) is 104 Å². The number of para-hydroxylation sites is 4. The largest absolute Gasteiger partial charge is 0.316 e. The fraction of sp³-hybridized carbons (Fsp3) is 0.188. The highest BCUT2D eigenvalue weighted by Gasteiger charge is 2.45. The predicted octanol–water partition coefficient (Wildman–Crippen LogP) is 17.4. The molecule has 0 radical (unpaired) electrons. The predicted molar refractivity (Wildman–Crippen MR) is 290 cm³/mol. The van der Waals surface area contributed by atoms with E-state index in [4.69, 9.17) is 0 Å². The number of rotatable bonds is 3. The number of aromatic nitrogens is 1. The van der Waals surface area contributed by atoms with Crippen molar-refractivity contribution < 1.29 is 0 Å². The molecule has 0 fully saturated rings. The molecule has 14 rings (SSSR count). The Balaban J connectivity index is 1.02. The van der Waals surface area contributed by atoms with Gasteiger partial charge >= 0.3 is 0 Å². The van der Waals surface area contributed by atoms with Gasteiger partial charge in [-0.15, -0.1) is 11.3 Å². The van der Waals surface area contributed by atoms with Gasteiger partial charge in [0.1, 0.15) is 0 Å². The quantitative estimate of drug-likeness (QED) is 0.175. The number of hydrogen-bond donors (Lipinski definition) is 0. The molecule has 2 aromatic heterocycles. The number of allylic oxidation sites excluding steroid dienone is 2. The number of hydrogen-bond acceptors (Lipinski definition) is 3. The first-order chi connectivity index (χ1) is 32.8. The Bertz CT molecular complexity index is 3740.